The summed E-state index contributed by atoms with van der Waals surface area (Å²) < 4.78 is 9.39. The third-order valence-electron chi connectivity index (χ3n) is 3.37. The van der Waals surface area contributed by atoms with Crippen LogP contribution in [0, 0.1) is 0 Å². The molecule has 1 amide bonds. The van der Waals surface area contributed by atoms with Crippen molar-refractivity contribution in [2.24, 2.45) is 5.73 Å². The summed E-state index contributed by atoms with van der Waals surface area (Å²) in [6.07, 6.45) is 0.549. The van der Waals surface area contributed by atoms with Crippen molar-refractivity contribution < 1.29 is 23.9 Å². The molecule has 0 bridgehead atoms. The Kier molecular flexibility index (Phi) is 8.78. The van der Waals surface area contributed by atoms with Crippen LogP contribution in [0.15, 0.2) is 30.3 Å². The van der Waals surface area contributed by atoms with Crippen LogP contribution in [0.3, 0.4) is 0 Å². The van der Waals surface area contributed by atoms with Gasteiger partial charge in [0.2, 0.25) is 5.91 Å². The molecular weight excluding hydrogens is 336 g/mol. The van der Waals surface area contributed by atoms with Crippen molar-refractivity contribution in [2.45, 2.75) is 58.1 Å². The molecule has 7 nitrogen and oxygen atoms in total. The molecule has 7 heteroatoms. The normalized spacial score (nSPS) is 12.2. The minimum atomic E-state index is -1.05. The average Bonchev–Trinajstić information content (AvgIpc) is 2.55. The highest BCUT2D eigenvalue weighted by atomic mass is 16.7. The summed E-state index contributed by atoms with van der Waals surface area (Å²) in [6, 6.07) is 9.13. The quantitative estimate of drug-likeness (QED) is 0.416. The lowest BCUT2D eigenvalue weighted by atomic mass is 10.1. The van der Waals surface area contributed by atoms with E-state index in [1.54, 1.807) is 20.8 Å². The third-order valence-corrected chi connectivity index (χ3v) is 3.37. The molecule has 1 aromatic carbocycles. The fourth-order valence-electron chi connectivity index (χ4n) is 2.10. The van der Waals surface area contributed by atoms with Crippen molar-refractivity contribution in [2.75, 3.05) is 6.54 Å². The van der Waals surface area contributed by atoms with Gasteiger partial charge in [0.15, 0.2) is 0 Å². The van der Waals surface area contributed by atoms with Crippen molar-refractivity contribution in [3.63, 3.8) is 0 Å². The maximum Gasteiger partial charge on any atom is 0.516 e. The minimum Gasteiger partial charge on any atom is -0.428 e. The summed E-state index contributed by atoms with van der Waals surface area (Å²) in [7, 11) is 0. The standard InChI is InChI=1S/C19H28N2O5/c1-19(2,3)26-18(24)25-16(22)12-11-15(20)17(23)21-13-7-10-14-8-5-4-6-9-14/h4-6,8-9,15H,7,10-13,20H2,1-3H3,(H,21,23)/t15-/m1/s1. The monoisotopic (exact) mass is 364 g/mol. The Morgan fingerprint density at radius 1 is 1.15 bits per heavy atom. The molecule has 0 aliphatic rings. The molecule has 144 valence electrons. The molecule has 0 fully saturated rings. The fraction of sp³-hybridized carbons (Fsp3) is 0.526. The maximum atomic E-state index is 11.9. The van der Waals surface area contributed by atoms with Gasteiger partial charge in [0, 0.05) is 13.0 Å². The van der Waals surface area contributed by atoms with E-state index in [4.69, 9.17) is 10.5 Å². The van der Waals surface area contributed by atoms with Crippen molar-refractivity contribution in [3.05, 3.63) is 35.9 Å². The molecule has 0 unspecified atom stereocenters. The number of carbonyl (C=O) groups is 3. The first kappa shape index (κ1) is 21.6. The van der Waals surface area contributed by atoms with Gasteiger partial charge in [0.25, 0.3) is 0 Å². The Balaban J connectivity index is 2.19. The Bertz CT molecular complexity index is 596. The van der Waals surface area contributed by atoms with Crippen LogP contribution in [-0.4, -0.2) is 36.2 Å². The Hall–Kier alpha value is -2.41. The zero-order chi connectivity index (χ0) is 19.6. The summed E-state index contributed by atoms with van der Waals surface area (Å²) in [5.74, 6) is -1.10. The Labute approximate surface area is 154 Å². The first-order valence-electron chi connectivity index (χ1n) is 8.68. The average molecular weight is 364 g/mol. The number of benzene rings is 1. The van der Waals surface area contributed by atoms with E-state index in [2.05, 4.69) is 10.1 Å². The summed E-state index contributed by atoms with van der Waals surface area (Å²) in [6.45, 7) is 5.49. The largest absolute Gasteiger partial charge is 0.516 e. The van der Waals surface area contributed by atoms with E-state index in [1.165, 1.54) is 5.56 Å². The highest BCUT2D eigenvalue weighted by Gasteiger charge is 2.21. The van der Waals surface area contributed by atoms with Gasteiger partial charge in [-0.05, 0) is 45.6 Å². The van der Waals surface area contributed by atoms with Gasteiger partial charge in [-0.2, -0.15) is 0 Å². The molecule has 0 saturated heterocycles. The minimum absolute atomic E-state index is 0.0894. The SMILES string of the molecule is CC(C)(C)OC(=O)OC(=O)CC[C@@H](N)C(=O)NCCCc1ccccc1. The number of ether oxygens (including phenoxy) is 2. The zero-order valence-electron chi connectivity index (χ0n) is 15.6. The van der Waals surface area contributed by atoms with Crippen molar-refractivity contribution in [1.29, 1.82) is 0 Å². The second-order valence-electron chi connectivity index (χ2n) is 6.96. The number of nitrogens with two attached hydrogens (primary N) is 1. The molecule has 0 spiro atoms. The fourth-order valence-corrected chi connectivity index (χ4v) is 2.10. The second-order valence-corrected chi connectivity index (χ2v) is 6.96. The van der Waals surface area contributed by atoms with E-state index < -0.39 is 23.8 Å². The highest BCUT2D eigenvalue weighted by Crippen LogP contribution is 2.09. The second kappa shape index (κ2) is 10.6. The molecule has 0 aliphatic carbocycles. The van der Waals surface area contributed by atoms with Gasteiger partial charge in [-0.15, -0.1) is 0 Å². The van der Waals surface area contributed by atoms with Crippen molar-refractivity contribution >= 4 is 18.0 Å². The van der Waals surface area contributed by atoms with Crippen LogP contribution >= 0.6 is 0 Å². The van der Waals surface area contributed by atoms with Gasteiger partial charge in [-0.1, -0.05) is 30.3 Å². The lowest BCUT2D eigenvalue weighted by molar-refractivity contribution is -0.141. The molecule has 26 heavy (non-hydrogen) atoms. The molecule has 0 saturated carbocycles. The Morgan fingerprint density at radius 2 is 1.81 bits per heavy atom. The number of aryl methyl sites for hydroxylation is 1. The van der Waals surface area contributed by atoms with Crippen LogP contribution in [0.2, 0.25) is 0 Å². The van der Waals surface area contributed by atoms with Crippen LogP contribution < -0.4 is 11.1 Å². The summed E-state index contributed by atoms with van der Waals surface area (Å²) in [4.78, 5) is 34.8. The van der Waals surface area contributed by atoms with E-state index in [1.807, 2.05) is 30.3 Å². The van der Waals surface area contributed by atoms with Crippen LogP contribution in [-0.2, 0) is 25.5 Å². The van der Waals surface area contributed by atoms with E-state index in [0.717, 1.165) is 12.8 Å². The van der Waals surface area contributed by atoms with Crippen molar-refractivity contribution in [3.8, 4) is 0 Å². The van der Waals surface area contributed by atoms with Crippen LogP contribution in [0.4, 0.5) is 4.79 Å². The van der Waals surface area contributed by atoms with Crippen LogP contribution in [0.1, 0.15) is 45.6 Å². The maximum absolute atomic E-state index is 11.9. The first-order chi connectivity index (χ1) is 12.2. The molecule has 1 aromatic rings. The number of hydrogen-bond donors (Lipinski definition) is 2. The predicted octanol–water partition coefficient (Wildman–Crippen LogP) is 2.32. The number of amides is 1. The molecule has 1 rings (SSSR count). The summed E-state index contributed by atoms with van der Waals surface area (Å²) >= 11 is 0. The van der Waals surface area contributed by atoms with E-state index in [9.17, 15) is 14.4 Å². The molecular formula is C19H28N2O5. The summed E-state index contributed by atoms with van der Waals surface area (Å²) in [5, 5.41) is 2.74. The topological polar surface area (TPSA) is 108 Å². The first-order valence-corrected chi connectivity index (χ1v) is 8.68. The zero-order valence-corrected chi connectivity index (χ0v) is 15.6. The molecule has 0 heterocycles. The van der Waals surface area contributed by atoms with E-state index >= 15 is 0 Å². The molecule has 0 aliphatic heterocycles. The van der Waals surface area contributed by atoms with E-state index in [-0.39, 0.29) is 18.7 Å². The number of carbonyl (C=O) groups excluding carboxylic acids is 3. The van der Waals surface area contributed by atoms with Gasteiger partial charge in [-0.3, -0.25) is 9.59 Å². The molecule has 0 aromatic heterocycles. The molecule has 1 atom stereocenters. The number of esters is 1. The number of nitrogens with one attached hydrogen (secondary N) is 1. The molecule has 3 N–H and O–H groups in total. The number of rotatable bonds is 8. The lowest BCUT2D eigenvalue weighted by Gasteiger charge is -2.18. The van der Waals surface area contributed by atoms with Gasteiger partial charge >= 0.3 is 12.1 Å². The van der Waals surface area contributed by atoms with Crippen LogP contribution in [0.5, 0.6) is 0 Å². The van der Waals surface area contributed by atoms with Gasteiger partial charge in [0.1, 0.15) is 5.60 Å². The predicted molar refractivity (Wildman–Crippen MR) is 97.3 cm³/mol. The Morgan fingerprint density at radius 3 is 2.42 bits per heavy atom. The van der Waals surface area contributed by atoms with E-state index in [0.29, 0.717) is 6.54 Å². The third kappa shape index (κ3) is 9.78. The van der Waals surface area contributed by atoms with Gasteiger partial charge in [0.05, 0.1) is 6.04 Å². The summed E-state index contributed by atoms with van der Waals surface area (Å²) in [5.41, 5.74) is 6.22. The highest BCUT2D eigenvalue weighted by molar-refractivity contribution is 5.84. The number of hydrogen-bond acceptors (Lipinski definition) is 6. The smallest absolute Gasteiger partial charge is 0.428 e. The molecule has 0 radical (unpaired) electrons. The van der Waals surface area contributed by atoms with Gasteiger partial charge in [-0.25, -0.2) is 4.79 Å². The lowest BCUT2D eigenvalue weighted by Crippen LogP contribution is -2.41. The van der Waals surface area contributed by atoms with Crippen molar-refractivity contribution in [1.82, 2.24) is 5.32 Å². The van der Waals surface area contributed by atoms with Crippen LogP contribution in [0.25, 0.3) is 0 Å². The van der Waals surface area contributed by atoms with Gasteiger partial charge < -0.3 is 20.5 Å².